The molecule has 1 amide bonds. The minimum atomic E-state index is -0.0788. The topological polar surface area (TPSA) is 59.3 Å². The van der Waals surface area contributed by atoms with Gasteiger partial charge in [-0.15, -0.1) is 11.8 Å². The van der Waals surface area contributed by atoms with Crippen molar-refractivity contribution in [3.63, 3.8) is 0 Å². The molecule has 134 valence electrons. The van der Waals surface area contributed by atoms with Crippen LogP contribution in [0.15, 0.2) is 84.3 Å². The third kappa shape index (κ3) is 4.17. The van der Waals surface area contributed by atoms with Crippen LogP contribution in [0.25, 0.3) is 5.65 Å². The van der Waals surface area contributed by atoms with E-state index in [0.29, 0.717) is 17.9 Å². The number of pyridine rings is 2. The maximum atomic E-state index is 12.6. The lowest BCUT2D eigenvalue weighted by atomic mass is 10.2. The zero-order chi connectivity index (χ0) is 18.5. The fourth-order valence-electron chi connectivity index (χ4n) is 2.77. The number of aromatic nitrogens is 3. The van der Waals surface area contributed by atoms with Gasteiger partial charge in [-0.3, -0.25) is 9.78 Å². The highest BCUT2D eigenvalue weighted by atomic mass is 32.2. The molecule has 0 aliphatic rings. The monoisotopic (exact) mass is 374 g/mol. The highest BCUT2D eigenvalue weighted by Gasteiger charge is 2.12. The lowest BCUT2D eigenvalue weighted by Gasteiger charge is -2.09. The first kappa shape index (κ1) is 17.3. The van der Waals surface area contributed by atoms with Gasteiger partial charge in [0, 0.05) is 42.0 Å². The van der Waals surface area contributed by atoms with E-state index >= 15 is 0 Å². The maximum absolute atomic E-state index is 12.6. The summed E-state index contributed by atoms with van der Waals surface area (Å²) in [6.45, 7) is 0.479. The number of carbonyl (C=O) groups is 1. The van der Waals surface area contributed by atoms with E-state index in [2.05, 4.69) is 15.3 Å². The standard InChI is InChI=1S/C21H18N4OS/c26-21(23-13-16-8-10-22-11-9-16)18-5-1-2-6-19(18)27-15-17-14-25-12-4-3-7-20(25)24-17/h1-12,14H,13,15H2,(H,23,26). The molecule has 0 aliphatic heterocycles. The quantitative estimate of drug-likeness (QED) is 0.519. The Bertz CT molecular complexity index is 1030. The smallest absolute Gasteiger partial charge is 0.252 e. The lowest BCUT2D eigenvalue weighted by molar-refractivity contribution is 0.0948. The SMILES string of the molecule is O=C(NCc1ccncc1)c1ccccc1SCc1cn2ccccc2n1. The Morgan fingerprint density at radius 1 is 1.04 bits per heavy atom. The Kier molecular flexibility index (Phi) is 5.16. The molecule has 1 aromatic carbocycles. The Balaban J connectivity index is 1.44. The number of benzene rings is 1. The van der Waals surface area contributed by atoms with Crippen molar-refractivity contribution >= 4 is 23.3 Å². The molecule has 0 bridgehead atoms. The van der Waals surface area contributed by atoms with Crippen LogP contribution in [0, 0.1) is 0 Å². The van der Waals surface area contributed by atoms with Crippen LogP contribution in [0.5, 0.6) is 0 Å². The second-order valence-corrected chi connectivity index (χ2v) is 7.04. The van der Waals surface area contributed by atoms with E-state index in [1.165, 1.54) is 0 Å². The molecule has 0 saturated heterocycles. The number of carbonyl (C=O) groups excluding carboxylic acids is 1. The molecule has 27 heavy (non-hydrogen) atoms. The summed E-state index contributed by atoms with van der Waals surface area (Å²) >= 11 is 1.62. The van der Waals surface area contributed by atoms with Crippen molar-refractivity contribution in [3.05, 3.63) is 96.2 Å². The Hall–Kier alpha value is -3.12. The molecule has 0 radical (unpaired) electrons. The summed E-state index contributed by atoms with van der Waals surface area (Å²) in [7, 11) is 0. The molecule has 0 saturated carbocycles. The zero-order valence-corrected chi connectivity index (χ0v) is 15.4. The summed E-state index contributed by atoms with van der Waals surface area (Å²) in [5.41, 5.74) is 3.61. The van der Waals surface area contributed by atoms with Gasteiger partial charge >= 0.3 is 0 Å². The summed E-state index contributed by atoms with van der Waals surface area (Å²) in [5, 5.41) is 2.98. The molecule has 0 aliphatic carbocycles. The van der Waals surface area contributed by atoms with E-state index in [4.69, 9.17) is 0 Å². The van der Waals surface area contributed by atoms with E-state index in [0.717, 1.165) is 21.8 Å². The molecule has 0 atom stereocenters. The molecule has 0 unspecified atom stereocenters. The van der Waals surface area contributed by atoms with Crippen molar-refractivity contribution in [2.24, 2.45) is 0 Å². The predicted octanol–water partition coefficient (Wildman–Crippen LogP) is 3.95. The first-order valence-electron chi connectivity index (χ1n) is 8.61. The number of hydrogen-bond donors (Lipinski definition) is 1. The van der Waals surface area contributed by atoms with Crippen molar-refractivity contribution in [2.45, 2.75) is 17.2 Å². The van der Waals surface area contributed by atoms with Gasteiger partial charge in [0.1, 0.15) is 5.65 Å². The molecule has 5 nitrogen and oxygen atoms in total. The zero-order valence-electron chi connectivity index (χ0n) is 14.6. The summed E-state index contributed by atoms with van der Waals surface area (Å²) in [6, 6.07) is 17.4. The molecule has 3 aromatic heterocycles. The summed E-state index contributed by atoms with van der Waals surface area (Å²) < 4.78 is 2.00. The number of nitrogens with one attached hydrogen (secondary N) is 1. The van der Waals surface area contributed by atoms with Crippen LogP contribution in [0.1, 0.15) is 21.6 Å². The first-order chi connectivity index (χ1) is 13.3. The molecule has 6 heteroatoms. The molecule has 4 aromatic rings. The number of hydrogen-bond acceptors (Lipinski definition) is 4. The van der Waals surface area contributed by atoms with Crippen molar-refractivity contribution in [3.8, 4) is 0 Å². The van der Waals surface area contributed by atoms with Crippen LogP contribution in [0.3, 0.4) is 0 Å². The fourth-order valence-corrected chi connectivity index (χ4v) is 3.70. The summed E-state index contributed by atoms with van der Waals surface area (Å²) in [4.78, 5) is 22.2. The molecule has 3 heterocycles. The second kappa shape index (κ2) is 8.05. The van der Waals surface area contributed by atoms with Gasteiger partial charge in [0.15, 0.2) is 0 Å². The van der Waals surface area contributed by atoms with Crippen molar-refractivity contribution in [1.29, 1.82) is 0 Å². The van der Waals surface area contributed by atoms with Gasteiger partial charge in [-0.05, 0) is 42.0 Å². The largest absolute Gasteiger partial charge is 0.348 e. The Labute approximate surface area is 161 Å². The average molecular weight is 374 g/mol. The minimum absolute atomic E-state index is 0.0788. The van der Waals surface area contributed by atoms with Crippen molar-refractivity contribution in [2.75, 3.05) is 0 Å². The normalized spacial score (nSPS) is 10.8. The Morgan fingerprint density at radius 2 is 1.85 bits per heavy atom. The predicted molar refractivity (Wildman–Crippen MR) is 107 cm³/mol. The fraction of sp³-hybridized carbons (Fsp3) is 0.0952. The van der Waals surface area contributed by atoms with Gasteiger partial charge in [-0.1, -0.05) is 18.2 Å². The van der Waals surface area contributed by atoms with Crippen LogP contribution in [0.4, 0.5) is 0 Å². The van der Waals surface area contributed by atoms with Gasteiger partial charge in [-0.25, -0.2) is 4.98 Å². The van der Waals surface area contributed by atoms with Gasteiger partial charge in [0.2, 0.25) is 0 Å². The molecule has 1 N–H and O–H groups in total. The highest BCUT2D eigenvalue weighted by Crippen LogP contribution is 2.26. The maximum Gasteiger partial charge on any atom is 0.252 e. The third-order valence-corrected chi connectivity index (χ3v) is 5.23. The van der Waals surface area contributed by atoms with Crippen molar-refractivity contribution < 1.29 is 4.79 Å². The van der Waals surface area contributed by atoms with Crippen molar-refractivity contribution in [1.82, 2.24) is 19.7 Å². The molecule has 0 fully saturated rings. The van der Waals surface area contributed by atoms with Gasteiger partial charge < -0.3 is 9.72 Å². The number of rotatable bonds is 6. The molecule has 4 rings (SSSR count). The van der Waals surface area contributed by atoms with E-state index in [-0.39, 0.29) is 5.91 Å². The lowest BCUT2D eigenvalue weighted by Crippen LogP contribution is -2.23. The van der Waals surface area contributed by atoms with E-state index in [9.17, 15) is 4.79 Å². The molecule has 0 spiro atoms. The van der Waals surface area contributed by atoms with Gasteiger partial charge in [0.25, 0.3) is 5.91 Å². The minimum Gasteiger partial charge on any atom is -0.348 e. The average Bonchev–Trinajstić information content (AvgIpc) is 3.14. The van der Waals surface area contributed by atoms with Crippen LogP contribution in [-0.4, -0.2) is 20.3 Å². The Morgan fingerprint density at radius 3 is 2.70 bits per heavy atom. The number of thioether (sulfide) groups is 1. The highest BCUT2D eigenvalue weighted by molar-refractivity contribution is 7.98. The van der Waals surface area contributed by atoms with E-state index in [1.807, 2.05) is 71.4 Å². The van der Waals surface area contributed by atoms with E-state index < -0.39 is 0 Å². The van der Waals surface area contributed by atoms with Gasteiger partial charge in [-0.2, -0.15) is 0 Å². The van der Waals surface area contributed by atoms with E-state index in [1.54, 1.807) is 24.2 Å². The summed E-state index contributed by atoms with van der Waals surface area (Å²) in [6.07, 6.45) is 7.45. The second-order valence-electron chi connectivity index (χ2n) is 6.02. The first-order valence-corrected chi connectivity index (χ1v) is 9.60. The van der Waals surface area contributed by atoms with Crippen LogP contribution in [0.2, 0.25) is 0 Å². The van der Waals surface area contributed by atoms with Crippen LogP contribution >= 0.6 is 11.8 Å². The van der Waals surface area contributed by atoms with Crippen LogP contribution < -0.4 is 5.32 Å². The third-order valence-electron chi connectivity index (χ3n) is 4.12. The number of amides is 1. The molecular weight excluding hydrogens is 356 g/mol. The molecular formula is C21H18N4OS. The number of imidazole rings is 1. The number of nitrogens with zero attached hydrogens (tertiary/aromatic N) is 3. The summed E-state index contributed by atoms with van der Waals surface area (Å²) in [5.74, 6) is 0.626. The van der Waals surface area contributed by atoms with Gasteiger partial charge in [0.05, 0.1) is 11.3 Å². The van der Waals surface area contributed by atoms with Crippen LogP contribution in [-0.2, 0) is 12.3 Å². The number of fused-ring (bicyclic) bond motifs is 1.